The number of ether oxygens (including phenoxy) is 1. The second-order valence-corrected chi connectivity index (χ2v) is 10.4. The van der Waals surface area contributed by atoms with Crippen LogP contribution in [0.1, 0.15) is 37.7 Å². The van der Waals surface area contributed by atoms with Crippen LogP contribution in [0.15, 0.2) is 30.5 Å². The van der Waals surface area contributed by atoms with Gasteiger partial charge in [-0.2, -0.15) is 18.0 Å². The van der Waals surface area contributed by atoms with Gasteiger partial charge in [0.05, 0.1) is 24.4 Å². The van der Waals surface area contributed by atoms with Gasteiger partial charge < -0.3 is 9.64 Å². The van der Waals surface area contributed by atoms with Crippen molar-refractivity contribution in [1.82, 2.24) is 35.0 Å². The van der Waals surface area contributed by atoms with E-state index in [1.807, 2.05) is 13.0 Å². The molecule has 0 aromatic carbocycles. The molecule has 1 saturated heterocycles. The summed E-state index contributed by atoms with van der Waals surface area (Å²) < 4.78 is 57.9. The lowest BCUT2D eigenvalue weighted by molar-refractivity contribution is -0.188. The van der Waals surface area contributed by atoms with Gasteiger partial charge in [0, 0.05) is 32.2 Å². The lowest BCUT2D eigenvalue weighted by atomic mass is 9.73. The standard InChI is InChI=1S/C26H35F4N7O2/c1-18-15-35(17-23-6-7-24(14-31-23)39-12-9-27)10-11-36(18)25(38)8-4-20-3-5-22(26(28,29)30)13-21(20)16-37-33-19(2)32-34-37/h4,6-8,14,18,20-22H,3,5,9-13,15-17H2,1-2H3/b8-4+/t18-,20?,21?,22?/m1/s1. The number of allylic oxidation sites excluding steroid dienone is 1. The van der Waals surface area contributed by atoms with E-state index in [0.29, 0.717) is 44.2 Å². The van der Waals surface area contributed by atoms with Crippen molar-refractivity contribution in [2.24, 2.45) is 17.8 Å². The molecule has 2 aromatic heterocycles. The van der Waals surface area contributed by atoms with Crippen molar-refractivity contribution in [3.63, 3.8) is 0 Å². The number of carbonyl (C=O) groups excluding carboxylic acids is 1. The summed E-state index contributed by atoms with van der Waals surface area (Å²) >= 11 is 0. The van der Waals surface area contributed by atoms with E-state index in [4.69, 9.17) is 4.74 Å². The second-order valence-electron chi connectivity index (χ2n) is 10.4. The van der Waals surface area contributed by atoms with Crippen LogP contribution in [0.4, 0.5) is 17.6 Å². The van der Waals surface area contributed by atoms with Crippen LogP contribution in [0.3, 0.4) is 0 Å². The number of carbonyl (C=O) groups is 1. The highest BCUT2D eigenvalue weighted by molar-refractivity contribution is 5.88. The number of piperazine rings is 1. The fourth-order valence-electron chi connectivity index (χ4n) is 5.44. The number of nitrogens with zero attached hydrogens (tertiary/aromatic N) is 7. The number of aromatic nitrogens is 5. The van der Waals surface area contributed by atoms with E-state index in [2.05, 4.69) is 25.3 Å². The first-order valence-corrected chi connectivity index (χ1v) is 13.3. The predicted octanol–water partition coefficient (Wildman–Crippen LogP) is 3.61. The molecule has 0 N–H and O–H groups in total. The van der Waals surface area contributed by atoms with Crippen molar-refractivity contribution >= 4 is 5.91 Å². The van der Waals surface area contributed by atoms with Gasteiger partial charge in [-0.05, 0) is 68.4 Å². The minimum absolute atomic E-state index is 0.00280. The fourth-order valence-corrected chi connectivity index (χ4v) is 5.44. The van der Waals surface area contributed by atoms with Gasteiger partial charge in [0.2, 0.25) is 5.91 Å². The highest BCUT2D eigenvalue weighted by Gasteiger charge is 2.44. The first kappa shape index (κ1) is 28.9. The summed E-state index contributed by atoms with van der Waals surface area (Å²) in [6.45, 7) is 5.81. The first-order chi connectivity index (χ1) is 18.6. The summed E-state index contributed by atoms with van der Waals surface area (Å²) in [6.07, 6.45) is 0.992. The van der Waals surface area contributed by atoms with Crippen molar-refractivity contribution in [2.45, 2.75) is 58.4 Å². The molecule has 1 aliphatic heterocycles. The molecule has 0 bridgehead atoms. The number of alkyl halides is 4. The molecule has 2 aliphatic rings. The number of aryl methyl sites for hydroxylation is 1. The number of amides is 1. The third-order valence-corrected chi connectivity index (χ3v) is 7.46. The fraction of sp³-hybridized carbons (Fsp3) is 0.654. The molecule has 4 rings (SSSR count). The Kier molecular flexibility index (Phi) is 9.52. The molecule has 2 fully saturated rings. The lowest BCUT2D eigenvalue weighted by Crippen LogP contribution is -2.53. The van der Waals surface area contributed by atoms with Crippen LogP contribution >= 0.6 is 0 Å². The van der Waals surface area contributed by atoms with Crippen molar-refractivity contribution in [2.75, 3.05) is 32.9 Å². The molecule has 4 atom stereocenters. The largest absolute Gasteiger partial charge is 0.489 e. The molecule has 0 radical (unpaired) electrons. The Bertz CT molecular complexity index is 1110. The van der Waals surface area contributed by atoms with Crippen LogP contribution in [0.25, 0.3) is 0 Å². The van der Waals surface area contributed by atoms with E-state index in [1.54, 1.807) is 30.2 Å². The Morgan fingerprint density at radius 1 is 1.23 bits per heavy atom. The SMILES string of the molecule is Cc1nnn(CC2CC(C(F)(F)F)CCC2/C=C/C(=O)N2CCN(Cc3ccc(OCCF)cn3)C[C@H]2C)n1. The molecule has 1 saturated carbocycles. The van der Waals surface area contributed by atoms with Gasteiger partial charge in [-0.1, -0.05) is 6.08 Å². The normalized spacial score (nSPS) is 24.8. The van der Waals surface area contributed by atoms with Crippen LogP contribution in [-0.4, -0.2) is 86.0 Å². The number of hydrogen-bond donors (Lipinski definition) is 0. The molecule has 1 aliphatic carbocycles. The third-order valence-electron chi connectivity index (χ3n) is 7.46. The Morgan fingerprint density at radius 3 is 2.69 bits per heavy atom. The predicted molar refractivity (Wildman–Crippen MR) is 134 cm³/mol. The van der Waals surface area contributed by atoms with Crippen LogP contribution < -0.4 is 4.74 Å². The summed E-state index contributed by atoms with van der Waals surface area (Å²) in [5.74, 6) is -1.05. The monoisotopic (exact) mass is 553 g/mol. The lowest BCUT2D eigenvalue weighted by Gasteiger charge is -2.39. The molecule has 3 heterocycles. The molecule has 2 aromatic rings. The van der Waals surface area contributed by atoms with Gasteiger partial charge in [0.1, 0.15) is 19.0 Å². The summed E-state index contributed by atoms with van der Waals surface area (Å²) in [7, 11) is 0. The van der Waals surface area contributed by atoms with Gasteiger partial charge in [0.15, 0.2) is 5.82 Å². The van der Waals surface area contributed by atoms with Crippen LogP contribution in [-0.2, 0) is 17.9 Å². The topological polar surface area (TPSA) is 89.3 Å². The molecule has 3 unspecified atom stereocenters. The third kappa shape index (κ3) is 7.96. The molecular formula is C26H35F4N7O2. The average molecular weight is 554 g/mol. The second kappa shape index (κ2) is 12.8. The highest BCUT2D eigenvalue weighted by Crippen LogP contribution is 2.43. The summed E-state index contributed by atoms with van der Waals surface area (Å²) in [5.41, 5.74) is 0.854. The van der Waals surface area contributed by atoms with Crippen molar-refractivity contribution in [1.29, 1.82) is 0 Å². The smallest absolute Gasteiger partial charge is 0.391 e. The Morgan fingerprint density at radius 2 is 2.05 bits per heavy atom. The van der Waals surface area contributed by atoms with E-state index in [1.165, 1.54) is 10.9 Å². The van der Waals surface area contributed by atoms with Crippen LogP contribution in [0, 0.1) is 24.7 Å². The molecule has 0 spiro atoms. The van der Waals surface area contributed by atoms with E-state index in [0.717, 1.165) is 5.69 Å². The molecule has 13 heteroatoms. The maximum atomic E-state index is 13.5. The Balaban J connectivity index is 1.32. The average Bonchev–Trinajstić information content (AvgIpc) is 3.31. The summed E-state index contributed by atoms with van der Waals surface area (Å²) in [4.78, 5) is 22.8. The first-order valence-electron chi connectivity index (χ1n) is 13.3. The highest BCUT2D eigenvalue weighted by atomic mass is 19.4. The van der Waals surface area contributed by atoms with Gasteiger partial charge >= 0.3 is 6.18 Å². The van der Waals surface area contributed by atoms with E-state index < -0.39 is 18.8 Å². The number of halogens is 4. The molecule has 9 nitrogen and oxygen atoms in total. The number of pyridine rings is 1. The maximum Gasteiger partial charge on any atom is 0.391 e. The molecular weight excluding hydrogens is 518 g/mol. The zero-order chi connectivity index (χ0) is 28.0. The van der Waals surface area contributed by atoms with Crippen LogP contribution in [0.5, 0.6) is 5.75 Å². The van der Waals surface area contributed by atoms with Gasteiger partial charge in [-0.3, -0.25) is 14.7 Å². The van der Waals surface area contributed by atoms with Gasteiger partial charge in [-0.25, -0.2) is 4.39 Å². The summed E-state index contributed by atoms with van der Waals surface area (Å²) in [6, 6.07) is 3.57. The number of hydrogen-bond acceptors (Lipinski definition) is 7. The quantitative estimate of drug-likeness (QED) is 0.346. The Labute approximate surface area is 225 Å². The van der Waals surface area contributed by atoms with Crippen molar-refractivity contribution in [3.05, 3.63) is 42.0 Å². The van der Waals surface area contributed by atoms with Crippen LogP contribution in [0.2, 0.25) is 0 Å². The number of rotatable bonds is 9. The van der Waals surface area contributed by atoms with Crippen molar-refractivity contribution in [3.8, 4) is 5.75 Å². The van der Waals surface area contributed by atoms with Gasteiger partial charge in [-0.15, -0.1) is 10.2 Å². The van der Waals surface area contributed by atoms with Gasteiger partial charge in [0.25, 0.3) is 0 Å². The molecule has 214 valence electrons. The zero-order valence-corrected chi connectivity index (χ0v) is 22.2. The maximum absolute atomic E-state index is 13.5. The minimum Gasteiger partial charge on any atom is -0.489 e. The van der Waals surface area contributed by atoms with E-state index >= 15 is 0 Å². The number of tetrazole rings is 1. The summed E-state index contributed by atoms with van der Waals surface area (Å²) in [5, 5.41) is 11.9. The Hall–Kier alpha value is -3.09. The minimum atomic E-state index is -4.25. The molecule has 1 amide bonds. The van der Waals surface area contributed by atoms with E-state index in [9.17, 15) is 22.4 Å². The van der Waals surface area contributed by atoms with Crippen molar-refractivity contribution < 1.29 is 27.1 Å². The zero-order valence-electron chi connectivity index (χ0n) is 22.2. The molecule has 39 heavy (non-hydrogen) atoms. The van der Waals surface area contributed by atoms with E-state index in [-0.39, 0.29) is 49.8 Å².